The van der Waals surface area contributed by atoms with Crippen LogP contribution < -0.4 is 0 Å². The van der Waals surface area contributed by atoms with Gasteiger partial charge in [0, 0.05) is 11.3 Å². The lowest BCUT2D eigenvalue weighted by Crippen LogP contribution is -1.84. The topological polar surface area (TPSA) is 13.1 Å². The van der Waals surface area contributed by atoms with Gasteiger partial charge in [-0.05, 0) is 23.6 Å². The van der Waals surface area contributed by atoms with Gasteiger partial charge in [-0.15, -0.1) is 0 Å². The van der Waals surface area contributed by atoms with E-state index in [2.05, 4.69) is 39.8 Å². The van der Waals surface area contributed by atoms with Gasteiger partial charge >= 0.3 is 0 Å². The van der Waals surface area contributed by atoms with Gasteiger partial charge in [0.05, 0.1) is 1.37 Å². The summed E-state index contributed by atoms with van der Waals surface area (Å²) in [6, 6.07) is 6.69. The van der Waals surface area contributed by atoms with Gasteiger partial charge < -0.3 is 4.42 Å². The van der Waals surface area contributed by atoms with Crippen LogP contribution in [0, 0.1) is 0 Å². The molecule has 80 valence electrons. The number of hydrogen-bond donors (Lipinski definition) is 0. The first-order chi connectivity index (χ1) is 7.50. The summed E-state index contributed by atoms with van der Waals surface area (Å²) in [4.78, 5) is 0. The van der Waals surface area contributed by atoms with Crippen LogP contribution in [0.3, 0.4) is 0 Å². The van der Waals surface area contributed by atoms with Gasteiger partial charge in [0.2, 0.25) is 0 Å². The molecule has 2 rings (SSSR count). The third-order valence-electron chi connectivity index (χ3n) is 2.67. The van der Waals surface area contributed by atoms with Crippen molar-refractivity contribution in [2.45, 2.75) is 39.5 Å². The van der Waals surface area contributed by atoms with Gasteiger partial charge in [-0.3, -0.25) is 0 Å². The predicted octanol–water partition coefficient (Wildman–Crippen LogP) is 4.68. The third kappa shape index (κ3) is 1.92. The van der Waals surface area contributed by atoms with Crippen LogP contribution in [0.1, 0.15) is 52.2 Å². The first-order valence-electron chi connectivity index (χ1n) is 6.03. The highest BCUT2D eigenvalue weighted by molar-refractivity contribution is 5.78. The first kappa shape index (κ1) is 9.02. The molecule has 15 heavy (non-hydrogen) atoms. The third-order valence-corrected chi connectivity index (χ3v) is 2.67. The summed E-state index contributed by atoms with van der Waals surface area (Å²) in [5, 5.41) is 0.924. The summed E-state index contributed by atoms with van der Waals surface area (Å²) >= 11 is 0. The molecular formula is C14H18O. The molecule has 0 saturated carbocycles. The Hall–Kier alpha value is -1.24. The van der Waals surface area contributed by atoms with E-state index in [1.54, 1.807) is 0 Å². The zero-order valence-electron chi connectivity index (χ0n) is 10.8. The molecule has 0 aliphatic rings. The average Bonchev–Trinajstić information content (AvgIpc) is 2.55. The van der Waals surface area contributed by atoms with Crippen molar-refractivity contribution in [3.05, 3.63) is 35.6 Å². The van der Waals surface area contributed by atoms with Crippen LogP contribution in [0.2, 0.25) is 0 Å². The van der Waals surface area contributed by atoms with Crippen molar-refractivity contribution in [3.63, 3.8) is 0 Å². The highest BCUT2D eigenvalue weighted by atomic mass is 16.3. The van der Waals surface area contributed by atoms with Crippen molar-refractivity contribution in [1.29, 1.82) is 0 Å². The molecule has 0 unspecified atom stereocenters. The van der Waals surface area contributed by atoms with E-state index in [0.717, 1.165) is 16.7 Å². The molecular weight excluding hydrogens is 184 g/mol. The summed E-state index contributed by atoms with van der Waals surface area (Å²) in [6.45, 7) is 8.43. The largest absolute Gasteiger partial charge is 0.461 e. The van der Waals surface area contributed by atoms with E-state index in [1.165, 1.54) is 5.56 Å². The number of rotatable bonds is 2. The molecule has 1 nitrogen and oxygen atoms in total. The molecule has 0 atom stereocenters. The fourth-order valence-electron chi connectivity index (χ4n) is 1.62. The highest BCUT2D eigenvalue weighted by Gasteiger charge is 2.08. The quantitative estimate of drug-likeness (QED) is 0.690. The van der Waals surface area contributed by atoms with Gasteiger partial charge in [-0.1, -0.05) is 39.8 Å². The Labute approximate surface area is 92.5 Å². The van der Waals surface area contributed by atoms with Crippen LogP contribution >= 0.6 is 0 Å². The minimum absolute atomic E-state index is 0.266. The Balaban J connectivity index is 2.63. The highest BCUT2D eigenvalue weighted by Crippen LogP contribution is 2.27. The summed E-state index contributed by atoms with van der Waals surface area (Å²) in [7, 11) is 0. The molecule has 0 amide bonds. The second kappa shape index (κ2) is 3.73. The maximum Gasteiger partial charge on any atom is 0.134 e. The van der Waals surface area contributed by atoms with Crippen molar-refractivity contribution < 1.29 is 5.79 Å². The lowest BCUT2D eigenvalue weighted by molar-refractivity contribution is 0.521. The summed E-state index contributed by atoms with van der Waals surface area (Å²) in [6.07, 6.45) is 0. The minimum Gasteiger partial charge on any atom is -0.461 e. The number of fused-ring (bicyclic) bond motifs is 1. The normalized spacial score (nSPS) is 12.8. The molecule has 0 spiro atoms. The summed E-state index contributed by atoms with van der Waals surface area (Å²) in [5.41, 5.74) is 2.11. The van der Waals surface area contributed by atoms with Crippen LogP contribution in [0.15, 0.2) is 28.7 Å². The molecule has 2 aromatic rings. The minimum atomic E-state index is 0.266. The molecule has 1 aromatic carbocycles. The lowest BCUT2D eigenvalue weighted by atomic mass is 10.0. The molecule has 0 aliphatic heterocycles. The van der Waals surface area contributed by atoms with E-state index in [4.69, 9.17) is 5.79 Å². The van der Waals surface area contributed by atoms with Crippen LogP contribution in [0.5, 0.6) is 0 Å². The molecule has 0 radical (unpaired) electrons. The molecule has 0 saturated heterocycles. The fraction of sp³-hybridized carbons (Fsp3) is 0.429. The molecule has 0 aliphatic carbocycles. The number of benzene rings is 1. The Morgan fingerprint density at radius 2 is 1.87 bits per heavy atom. The zero-order chi connectivity index (χ0) is 11.9. The van der Waals surface area contributed by atoms with E-state index < -0.39 is 0 Å². The van der Waals surface area contributed by atoms with E-state index >= 15 is 0 Å². The van der Waals surface area contributed by atoms with Crippen LogP contribution in [0.4, 0.5) is 0 Å². The predicted molar refractivity (Wildman–Crippen MR) is 64.4 cm³/mol. The molecule has 0 N–H and O–H groups in total. The fourth-order valence-corrected chi connectivity index (χ4v) is 1.62. The molecule has 1 aromatic heterocycles. The van der Waals surface area contributed by atoms with Gasteiger partial charge in [-0.25, -0.2) is 0 Å². The maximum absolute atomic E-state index is 8.03. The van der Waals surface area contributed by atoms with E-state index in [0.29, 0.717) is 12.0 Å². The molecule has 0 fully saturated rings. The lowest BCUT2D eigenvalue weighted by Gasteiger charge is -2.03. The maximum atomic E-state index is 8.03. The van der Waals surface area contributed by atoms with Gasteiger partial charge in [0.15, 0.2) is 0 Å². The van der Waals surface area contributed by atoms with Gasteiger partial charge in [-0.2, -0.15) is 0 Å². The standard InChI is InChI=1S/C14H18O/c1-9(2)11-5-6-12-8-13(10(3)4)15-14(12)7-11/h5-10H,1-4H3/i8D. The first-order valence-corrected chi connectivity index (χ1v) is 5.53. The van der Waals surface area contributed by atoms with Gasteiger partial charge in [0.25, 0.3) is 0 Å². The summed E-state index contributed by atoms with van der Waals surface area (Å²) in [5.74, 6) is 1.55. The Morgan fingerprint density at radius 3 is 2.47 bits per heavy atom. The number of hydrogen-bond acceptors (Lipinski definition) is 1. The second-order valence-electron chi connectivity index (χ2n) is 4.66. The molecule has 0 bridgehead atoms. The average molecular weight is 203 g/mol. The monoisotopic (exact) mass is 203 g/mol. The molecule has 1 heteroatoms. The smallest absolute Gasteiger partial charge is 0.134 e. The molecule has 1 heterocycles. The Morgan fingerprint density at radius 1 is 1.13 bits per heavy atom. The van der Waals surface area contributed by atoms with Crippen molar-refractivity contribution in [3.8, 4) is 0 Å². The van der Waals surface area contributed by atoms with Crippen LogP contribution in [-0.2, 0) is 0 Å². The van der Waals surface area contributed by atoms with Crippen LogP contribution in [0.25, 0.3) is 11.0 Å². The second-order valence-corrected chi connectivity index (χ2v) is 4.66. The van der Waals surface area contributed by atoms with Crippen molar-refractivity contribution >= 4 is 11.0 Å². The summed E-state index contributed by atoms with van der Waals surface area (Å²) < 4.78 is 13.8. The Bertz CT molecular complexity index is 509. The Kier molecular flexibility index (Phi) is 2.24. The van der Waals surface area contributed by atoms with Crippen LogP contribution in [-0.4, -0.2) is 0 Å². The van der Waals surface area contributed by atoms with Gasteiger partial charge in [0.1, 0.15) is 11.3 Å². The van der Waals surface area contributed by atoms with Crippen molar-refractivity contribution in [1.82, 2.24) is 0 Å². The van der Waals surface area contributed by atoms with E-state index in [1.807, 2.05) is 6.07 Å². The van der Waals surface area contributed by atoms with Crippen molar-refractivity contribution in [2.24, 2.45) is 0 Å². The van der Waals surface area contributed by atoms with Crippen molar-refractivity contribution in [2.75, 3.05) is 0 Å². The number of furan rings is 1. The van der Waals surface area contributed by atoms with E-state index in [9.17, 15) is 0 Å². The van der Waals surface area contributed by atoms with E-state index in [-0.39, 0.29) is 5.92 Å². The SMILES string of the molecule is [2H]c1c(C(C)C)oc2cc(C(C)C)ccc12. The zero-order valence-corrected chi connectivity index (χ0v) is 9.79.